The van der Waals surface area contributed by atoms with Gasteiger partial charge in [-0.25, -0.2) is 0 Å². The van der Waals surface area contributed by atoms with Gasteiger partial charge in [0.25, 0.3) is 11.8 Å². The van der Waals surface area contributed by atoms with Gasteiger partial charge in [-0.05, 0) is 57.2 Å². The summed E-state index contributed by atoms with van der Waals surface area (Å²) in [5, 5.41) is 29.6. The Hall–Kier alpha value is -4.87. The number of phenols is 1. The fourth-order valence-corrected chi connectivity index (χ4v) is 4.71. The summed E-state index contributed by atoms with van der Waals surface area (Å²) < 4.78 is 16.2. The molecule has 1 heterocycles. The van der Waals surface area contributed by atoms with E-state index in [0.717, 1.165) is 10.5 Å². The fraction of sp³-hybridized carbons (Fsp3) is 0.571. The van der Waals surface area contributed by atoms with E-state index >= 15 is 0 Å². The van der Waals surface area contributed by atoms with Gasteiger partial charge >= 0.3 is 5.97 Å². The van der Waals surface area contributed by atoms with Crippen molar-refractivity contribution in [3.63, 3.8) is 0 Å². The van der Waals surface area contributed by atoms with E-state index in [0.29, 0.717) is 45.4 Å². The Morgan fingerprint density at radius 3 is 2.04 bits per heavy atom. The number of carbonyl (C=O) groups excluding carboxylic acids is 6. The van der Waals surface area contributed by atoms with Crippen LogP contribution in [0.25, 0.3) is 0 Å². The second kappa shape index (κ2) is 23.6. The van der Waals surface area contributed by atoms with E-state index in [1.165, 1.54) is 32.1 Å². The molecule has 1 unspecified atom stereocenters. The predicted octanol–water partition coefficient (Wildman–Crippen LogP) is 0.645. The summed E-state index contributed by atoms with van der Waals surface area (Å²) in [6.45, 7) is 6.57. The first-order valence-corrected chi connectivity index (χ1v) is 17.3. The number of imide groups is 1. The van der Waals surface area contributed by atoms with Gasteiger partial charge in [0.15, 0.2) is 0 Å². The van der Waals surface area contributed by atoms with Crippen LogP contribution in [-0.4, -0.2) is 121 Å². The van der Waals surface area contributed by atoms with Crippen LogP contribution in [0.5, 0.6) is 5.75 Å². The average molecular weight is 734 g/mol. The van der Waals surface area contributed by atoms with Gasteiger partial charge in [-0.3, -0.25) is 38.5 Å². The molecule has 0 saturated heterocycles. The van der Waals surface area contributed by atoms with Crippen molar-refractivity contribution >= 4 is 47.1 Å². The number of carboxylic acids is 1. The summed E-state index contributed by atoms with van der Waals surface area (Å²) in [7, 11) is 0. The summed E-state index contributed by atoms with van der Waals surface area (Å²) >= 11 is 0. The highest BCUT2D eigenvalue weighted by atomic mass is 16.5. The van der Waals surface area contributed by atoms with Crippen molar-refractivity contribution in [2.75, 3.05) is 58.0 Å². The molecule has 1 aliphatic heterocycles. The number of aryl methyl sites for hydroxylation is 1. The zero-order valence-electron chi connectivity index (χ0n) is 29.9. The molecule has 0 saturated carbocycles. The lowest BCUT2D eigenvalue weighted by molar-refractivity contribution is -0.141. The van der Waals surface area contributed by atoms with E-state index < -0.39 is 41.7 Å². The van der Waals surface area contributed by atoms with Crippen molar-refractivity contribution < 1.29 is 58.0 Å². The van der Waals surface area contributed by atoms with Gasteiger partial charge in [-0.1, -0.05) is 13.0 Å². The Balaban J connectivity index is 1.49. The number of benzene rings is 1. The summed E-state index contributed by atoms with van der Waals surface area (Å²) in [6.07, 6.45) is 4.62. The van der Waals surface area contributed by atoms with Crippen molar-refractivity contribution in [1.29, 1.82) is 0 Å². The van der Waals surface area contributed by atoms with Crippen molar-refractivity contribution in [2.45, 2.75) is 71.4 Å². The first-order valence-electron chi connectivity index (χ1n) is 17.3. The number of carboxylic acid groups (broad SMARTS) is 1. The Bertz CT molecular complexity index is 1400. The van der Waals surface area contributed by atoms with Crippen LogP contribution in [0, 0.1) is 5.92 Å². The largest absolute Gasteiger partial charge is 0.506 e. The standard InChI is InChI=1S/C35H51N5O12/c1-23(35(48)49)6-4-7-26-9-10-28(41)27(22-26)39-34(47)25(3)38-33(46)24(2)37-30(43)13-16-50-18-20-52-21-19-51-17-14-36-29(42)8-5-15-40-31(44)11-12-32(40)45/h9-12,22-25,41H,4-8,13-21H2,1-3H3,(H,36,42)(H,37,43)(H,38,46)(H,39,47)(H,48,49)/t23?,24-,25-/m0/s1. The van der Waals surface area contributed by atoms with Crippen LogP contribution in [0.15, 0.2) is 30.4 Å². The third-order valence-corrected chi connectivity index (χ3v) is 7.84. The van der Waals surface area contributed by atoms with Gasteiger partial charge < -0.3 is 45.7 Å². The highest BCUT2D eigenvalue weighted by Gasteiger charge is 2.23. The number of hydrogen-bond donors (Lipinski definition) is 6. The maximum Gasteiger partial charge on any atom is 0.306 e. The lowest BCUT2D eigenvalue weighted by Crippen LogP contribution is -2.50. The van der Waals surface area contributed by atoms with Crippen molar-refractivity contribution in [3.8, 4) is 5.75 Å². The maximum absolute atomic E-state index is 12.7. The number of ether oxygens (including phenoxy) is 3. The minimum Gasteiger partial charge on any atom is -0.506 e. The van der Waals surface area contributed by atoms with Crippen LogP contribution in [0.3, 0.4) is 0 Å². The van der Waals surface area contributed by atoms with Crippen LogP contribution >= 0.6 is 0 Å². The summed E-state index contributed by atoms with van der Waals surface area (Å²) in [4.78, 5) is 84.4. The summed E-state index contributed by atoms with van der Waals surface area (Å²) in [5.74, 6) is -4.02. The molecule has 0 spiro atoms. The van der Waals surface area contributed by atoms with E-state index in [-0.39, 0.29) is 75.0 Å². The Morgan fingerprint density at radius 2 is 1.38 bits per heavy atom. The first kappa shape index (κ1) is 43.3. The number of phenolic OH excluding ortho intramolecular Hbond substituents is 1. The van der Waals surface area contributed by atoms with Gasteiger partial charge in [0.05, 0.1) is 51.2 Å². The molecule has 0 radical (unpaired) electrons. The number of carbonyl (C=O) groups is 7. The monoisotopic (exact) mass is 733 g/mol. The van der Waals surface area contributed by atoms with Gasteiger partial charge in [0.2, 0.25) is 23.6 Å². The van der Waals surface area contributed by atoms with Gasteiger partial charge in [0, 0.05) is 38.1 Å². The molecule has 6 amide bonds. The molecule has 2 rings (SSSR count). The van der Waals surface area contributed by atoms with Crippen molar-refractivity contribution in [2.24, 2.45) is 5.92 Å². The highest BCUT2D eigenvalue weighted by Crippen LogP contribution is 2.25. The van der Waals surface area contributed by atoms with Crippen LogP contribution in [0.1, 0.15) is 58.4 Å². The van der Waals surface area contributed by atoms with Crippen molar-refractivity contribution in [1.82, 2.24) is 20.9 Å². The van der Waals surface area contributed by atoms with E-state index in [1.807, 2.05) is 0 Å². The van der Waals surface area contributed by atoms with E-state index in [9.17, 15) is 38.7 Å². The summed E-state index contributed by atoms with van der Waals surface area (Å²) in [6, 6.07) is 2.81. The van der Waals surface area contributed by atoms with E-state index in [2.05, 4.69) is 21.3 Å². The molecule has 6 N–H and O–H groups in total. The first-order chi connectivity index (χ1) is 24.8. The third kappa shape index (κ3) is 16.9. The molecule has 0 aromatic heterocycles. The number of hydrogen-bond acceptors (Lipinski definition) is 11. The molecule has 0 bridgehead atoms. The fourth-order valence-electron chi connectivity index (χ4n) is 4.71. The van der Waals surface area contributed by atoms with Crippen LogP contribution in [0.4, 0.5) is 5.69 Å². The molecule has 1 aromatic rings. The van der Waals surface area contributed by atoms with Gasteiger partial charge in [-0.2, -0.15) is 0 Å². The summed E-state index contributed by atoms with van der Waals surface area (Å²) in [5.41, 5.74) is 0.966. The number of nitrogens with one attached hydrogen (secondary N) is 4. The van der Waals surface area contributed by atoms with E-state index in [4.69, 9.17) is 19.3 Å². The van der Waals surface area contributed by atoms with E-state index in [1.54, 1.807) is 19.1 Å². The lowest BCUT2D eigenvalue weighted by atomic mass is 10.0. The average Bonchev–Trinajstić information content (AvgIpc) is 3.42. The van der Waals surface area contributed by atoms with Crippen LogP contribution in [0.2, 0.25) is 0 Å². The molecule has 3 atom stereocenters. The van der Waals surface area contributed by atoms with Crippen LogP contribution < -0.4 is 21.3 Å². The molecule has 288 valence electrons. The number of aliphatic carboxylic acids is 1. The molecular formula is C35H51N5O12. The second-order valence-corrected chi connectivity index (χ2v) is 12.2. The predicted molar refractivity (Wildman–Crippen MR) is 187 cm³/mol. The smallest absolute Gasteiger partial charge is 0.306 e. The Morgan fingerprint density at radius 1 is 0.769 bits per heavy atom. The zero-order valence-corrected chi connectivity index (χ0v) is 29.9. The number of anilines is 1. The normalized spacial score (nSPS) is 14.1. The SMILES string of the molecule is CC(CCCc1ccc(O)c(NC(=O)[C@H](C)NC(=O)[C@H](C)NC(=O)CCOCCOCCOCCNC(=O)CCCN2C(=O)C=CC2=O)c1)C(=O)O. The molecular weight excluding hydrogens is 682 g/mol. The molecule has 52 heavy (non-hydrogen) atoms. The molecule has 0 fully saturated rings. The molecule has 1 aliphatic rings. The third-order valence-electron chi connectivity index (χ3n) is 7.84. The molecule has 1 aromatic carbocycles. The molecule has 17 heteroatoms. The number of nitrogens with zero attached hydrogens (tertiary/aromatic N) is 1. The lowest BCUT2D eigenvalue weighted by Gasteiger charge is -2.19. The Labute approximate surface area is 302 Å². The number of amides is 6. The minimum atomic E-state index is -0.983. The maximum atomic E-state index is 12.7. The van der Waals surface area contributed by atoms with Gasteiger partial charge in [-0.15, -0.1) is 0 Å². The quantitative estimate of drug-likeness (QED) is 0.0437. The number of rotatable bonds is 26. The Kier molecular flexibility index (Phi) is 19.6. The molecule has 0 aliphatic carbocycles. The second-order valence-electron chi connectivity index (χ2n) is 12.2. The highest BCUT2D eigenvalue weighted by molar-refractivity contribution is 6.12. The number of aromatic hydroxyl groups is 1. The minimum absolute atomic E-state index is 0.000952. The molecule has 17 nitrogen and oxygen atoms in total. The zero-order chi connectivity index (χ0) is 38.5. The van der Waals surface area contributed by atoms with Crippen molar-refractivity contribution in [3.05, 3.63) is 35.9 Å². The van der Waals surface area contributed by atoms with Gasteiger partial charge in [0.1, 0.15) is 17.8 Å². The van der Waals surface area contributed by atoms with Crippen LogP contribution in [-0.2, 0) is 54.2 Å². The topological polar surface area (TPSA) is 239 Å².